The van der Waals surface area contributed by atoms with Gasteiger partial charge in [0, 0.05) is 17.4 Å². The van der Waals surface area contributed by atoms with Crippen LogP contribution in [0.1, 0.15) is 0 Å². The van der Waals surface area contributed by atoms with Crippen molar-refractivity contribution in [3.8, 4) is 16.9 Å². The summed E-state index contributed by atoms with van der Waals surface area (Å²) < 4.78 is 0. The molecule has 0 unspecified atom stereocenters. The number of nitrogens with two attached hydrogens (primary N) is 2. The summed E-state index contributed by atoms with van der Waals surface area (Å²) in [4.78, 5) is 0. The lowest BCUT2D eigenvalue weighted by Gasteiger charge is -2.04. The predicted molar refractivity (Wildman–Crippen MR) is 62.4 cm³/mol. The van der Waals surface area contributed by atoms with Crippen LogP contribution >= 0.6 is 0 Å². The number of benzene rings is 2. The minimum absolute atomic E-state index is 0.168. The quantitative estimate of drug-likeness (QED) is 0.618. The molecule has 0 spiro atoms. The van der Waals surface area contributed by atoms with Gasteiger partial charge in [-0.15, -0.1) is 0 Å². The standard InChI is InChI=1S/C12H12N2O/c13-10-3-1-8(2-4-10)9-5-11(14)7-12(15)6-9/h1-7,15H,13-14H2. The molecule has 0 aliphatic heterocycles. The third-order valence-electron chi connectivity index (χ3n) is 2.18. The van der Waals surface area contributed by atoms with Crippen LogP contribution in [0.2, 0.25) is 0 Å². The zero-order chi connectivity index (χ0) is 10.8. The Morgan fingerprint density at radius 3 is 2.00 bits per heavy atom. The molecule has 0 fully saturated rings. The Labute approximate surface area is 88.0 Å². The maximum absolute atomic E-state index is 9.41. The molecule has 0 aromatic heterocycles. The van der Waals surface area contributed by atoms with Gasteiger partial charge in [-0.2, -0.15) is 0 Å². The number of hydrogen-bond donors (Lipinski definition) is 3. The monoisotopic (exact) mass is 200 g/mol. The van der Waals surface area contributed by atoms with Crippen LogP contribution in [0.15, 0.2) is 42.5 Å². The van der Waals surface area contributed by atoms with Gasteiger partial charge in [-0.25, -0.2) is 0 Å². The average Bonchev–Trinajstić information content (AvgIpc) is 2.17. The summed E-state index contributed by atoms with van der Waals surface area (Å²) in [6.07, 6.45) is 0. The SMILES string of the molecule is Nc1ccc(-c2cc(N)cc(O)c2)cc1. The molecule has 3 nitrogen and oxygen atoms in total. The van der Waals surface area contributed by atoms with Crippen molar-refractivity contribution in [3.63, 3.8) is 0 Å². The predicted octanol–water partition coefficient (Wildman–Crippen LogP) is 2.22. The summed E-state index contributed by atoms with van der Waals surface area (Å²) in [5.41, 5.74) is 14.4. The third kappa shape index (κ3) is 2.02. The lowest BCUT2D eigenvalue weighted by atomic mass is 10.0. The fourth-order valence-corrected chi connectivity index (χ4v) is 1.48. The molecule has 2 aromatic rings. The zero-order valence-electron chi connectivity index (χ0n) is 8.14. The molecular formula is C12H12N2O. The van der Waals surface area contributed by atoms with Crippen molar-refractivity contribution >= 4 is 11.4 Å². The molecule has 0 radical (unpaired) electrons. The molecule has 0 aliphatic carbocycles. The van der Waals surface area contributed by atoms with E-state index in [0.29, 0.717) is 11.4 Å². The second kappa shape index (κ2) is 3.53. The molecule has 3 heteroatoms. The maximum atomic E-state index is 9.41. The Morgan fingerprint density at radius 1 is 0.733 bits per heavy atom. The van der Waals surface area contributed by atoms with Crippen molar-refractivity contribution in [3.05, 3.63) is 42.5 Å². The second-order valence-corrected chi connectivity index (χ2v) is 3.44. The van der Waals surface area contributed by atoms with E-state index >= 15 is 0 Å². The van der Waals surface area contributed by atoms with E-state index in [-0.39, 0.29) is 5.75 Å². The lowest BCUT2D eigenvalue weighted by Crippen LogP contribution is -1.87. The third-order valence-corrected chi connectivity index (χ3v) is 2.18. The van der Waals surface area contributed by atoms with Crippen molar-refractivity contribution in [1.82, 2.24) is 0 Å². The van der Waals surface area contributed by atoms with E-state index in [1.54, 1.807) is 6.07 Å². The van der Waals surface area contributed by atoms with Crippen LogP contribution in [-0.2, 0) is 0 Å². The molecule has 0 aliphatic rings. The highest BCUT2D eigenvalue weighted by Gasteiger charge is 2.00. The molecule has 0 atom stereocenters. The van der Waals surface area contributed by atoms with Gasteiger partial charge in [0.15, 0.2) is 0 Å². The lowest BCUT2D eigenvalue weighted by molar-refractivity contribution is 0.476. The number of aromatic hydroxyl groups is 1. The molecule has 0 bridgehead atoms. The molecule has 5 N–H and O–H groups in total. The highest BCUT2D eigenvalue weighted by atomic mass is 16.3. The molecule has 2 rings (SSSR count). The number of anilines is 2. The van der Waals surface area contributed by atoms with Gasteiger partial charge in [0.1, 0.15) is 5.75 Å². The van der Waals surface area contributed by atoms with E-state index in [4.69, 9.17) is 11.5 Å². The maximum Gasteiger partial charge on any atom is 0.118 e. The van der Waals surface area contributed by atoms with Crippen molar-refractivity contribution in [2.45, 2.75) is 0 Å². The van der Waals surface area contributed by atoms with Crippen LogP contribution in [0.4, 0.5) is 11.4 Å². The number of phenolic OH excluding ortho intramolecular Hbond substituents is 1. The minimum atomic E-state index is 0.168. The van der Waals surface area contributed by atoms with Gasteiger partial charge < -0.3 is 16.6 Å². The second-order valence-electron chi connectivity index (χ2n) is 3.44. The summed E-state index contributed by atoms with van der Waals surface area (Å²) in [7, 11) is 0. The van der Waals surface area contributed by atoms with Crippen LogP contribution in [0.3, 0.4) is 0 Å². The summed E-state index contributed by atoms with van der Waals surface area (Å²) in [6.45, 7) is 0. The highest BCUT2D eigenvalue weighted by Crippen LogP contribution is 2.26. The fraction of sp³-hybridized carbons (Fsp3) is 0. The van der Waals surface area contributed by atoms with Gasteiger partial charge >= 0.3 is 0 Å². The number of phenols is 1. The Hall–Kier alpha value is -2.16. The molecule has 15 heavy (non-hydrogen) atoms. The Morgan fingerprint density at radius 2 is 1.40 bits per heavy atom. The smallest absolute Gasteiger partial charge is 0.118 e. The van der Waals surface area contributed by atoms with Crippen LogP contribution in [0, 0.1) is 0 Å². The number of rotatable bonds is 1. The van der Waals surface area contributed by atoms with Crippen molar-refractivity contribution in [1.29, 1.82) is 0 Å². The minimum Gasteiger partial charge on any atom is -0.508 e. The first-order valence-corrected chi connectivity index (χ1v) is 4.60. The van der Waals surface area contributed by atoms with E-state index in [1.807, 2.05) is 30.3 Å². The largest absolute Gasteiger partial charge is 0.508 e. The fourth-order valence-electron chi connectivity index (χ4n) is 1.48. The number of nitrogen functional groups attached to an aromatic ring is 2. The molecule has 0 heterocycles. The van der Waals surface area contributed by atoms with Crippen molar-refractivity contribution < 1.29 is 5.11 Å². The van der Waals surface area contributed by atoms with E-state index in [9.17, 15) is 5.11 Å². The molecular weight excluding hydrogens is 188 g/mol. The van der Waals surface area contributed by atoms with Gasteiger partial charge in [0.25, 0.3) is 0 Å². The summed E-state index contributed by atoms with van der Waals surface area (Å²) in [5.74, 6) is 0.168. The average molecular weight is 200 g/mol. The first kappa shape index (κ1) is 9.40. The number of hydrogen-bond acceptors (Lipinski definition) is 3. The van der Waals surface area contributed by atoms with Gasteiger partial charge in [0.2, 0.25) is 0 Å². The van der Waals surface area contributed by atoms with Crippen LogP contribution in [-0.4, -0.2) is 5.11 Å². The highest BCUT2D eigenvalue weighted by molar-refractivity contribution is 5.70. The van der Waals surface area contributed by atoms with Crippen molar-refractivity contribution in [2.24, 2.45) is 0 Å². The van der Waals surface area contributed by atoms with Crippen LogP contribution in [0.25, 0.3) is 11.1 Å². The molecule has 2 aromatic carbocycles. The molecule has 76 valence electrons. The summed E-state index contributed by atoms with van der Waals surface area (Å²) >= 11 is 0. The first-order chi connectivity index (χ1) is 7.15. The molecule has 0 saturated carbocycles. The Kier molecular flexibility index (Phi) is 2.21. The van der Waals surface area contributed by atoms with Crippen molar-refractivity contribution in [2.75, 3.05) is 11.5 Å². The van der Waals surface area contributed by atoms with Gasteiger partial charge in [-0.3, -0.25) is 0 Å². The normalized spacial score (nSPS) is 10.1. The zero-order valence-corrected chi connectivity index (χ0v) is 8.14. The van der Waals surface area contributed by atoms with Crippen LogP contribution in [0.5, 0.6) is 5.75 Å². The van der Waals surface area contributed by atoms with Crippen LogP contribution < -0.4 is 11.5 Å². The summed E-state index contributed by atoms with van der Waals surface area (Å²) in [5, 5.41) is 9.41. The Balaban J connectivity index is 2.49. The first-order valence-electron chi connectivity index (χ1n) is 4.60. The summed E-state index contributed by atoms with van der Waals surface area (Å²) in [6, 6.07) is 12.4. The van der Waals surface area contributed by atoms with E-state index in [2.05, 4.69) is 0 Å². The topological polar surface area (TPSA) is 72.3 Å². The van der Waals surface area contributed by atoms with Gasteiger partial charge in [-0.1, -0.05) is 12.1 Å². The Bertz CT molecular complexity index is 457. The molecule has 0 amide bonds. The van der Waals surface area contributed by atoms with E-state index in [1.165, 1.54) is 6.07 Å². The van der Waals surface area contributed by atoms with Gasteiger partial charge in [-0.05, 0) is 35.4 Å². The van der Waals surface area contributed by atoms with Gasteiger partial charge in [0.05, 0.1) is 0 Å². The van der Waals surface area contributed by atoms with E-state index in [0.717, 1.165) is 11.1 Å². The van der Waals surface area contributed by atoms with E-state index < -0.39 is 0 Å². The molecule has 0 saturated heterocycles.